The summed E-state index contributed by atoms with van der Waals surface area (Å²) in [6, 6.07) is 0. The van der Waals surface area contributed by atoms with Gasteiger partial charge in [0.15, 0.2) is 0 Å². The smallest absolute Gasteiger partial charge is 0.146 e. The number of ether oxygens (including phenoxy) is 4. The molecule has 0 spiro atoms. The van der Waals surface area contributed by atoms with Crippen molar-refractivity contribution in [3.8, 4) is 0 Å². The lowest BCUT2D eigenvalue weighted by Gasteiger charge is -2.04. The van der Waals surface area contributed by atoms with Crippen LogP contribution in [0.1, 0.15) is 25.7 Å². The third-order valence-electron chi connectivity index (χ3n) is 2.60. The van der Waals surface area contributed by atoms with Gasteiger partial charge in [-0.05, 0) is 25.7 Å². The van der Waals surface area contributed by atoms with Crippen molar-refractivity contribution in [2.45, 2.75) is 37.9 Å². The molecule has 88 valence electrons. The minimum Gasteiger partial charge on any atom is -0.373 e. The molecule has 0 aromatic rings. The zero-order valence-electron chi connectivity index (χ0n) is 9.15. The molecule has 0 bridgehead atoms. The predicted molar refractivity (Wildman–Crippen MR) is 54.7 cm³/mol. The van der Waals surface area contributed by atoms with Crippen LogP contribution in [0.5, 0.6) is 0 Å². The molecule has 2 aliphatic rings. The Balaban J connectivity index is 1.23. The summed E-state index contributed by atoms with van der Waals surface area (Å²) < 4.78 is 20.8. The highest BCUT2D eigenvalue weighted by Gasteiger charge is 2.21. The van der Waals surface area contributed by atoms with Gasteiger partial charge in [0.25, 0.3) is 0 Å². The molecule has 2 heterocycles. The molecule has 4 nitrogen and oxygen atoms in total. The normalized spacial score (nSPS) is 28.0. The van der Waals surface area contributed by atoms with E-state index in [-0.39, 0.29) is 0 Å². The molecule has 4 heteroatoms. The summed E-state index contributed by atoms with van der Waals surface area (Å²) in [5, 5.41) is 0. The molecule has 2 unspecified atom stereocenters. The molecule has 2 atom stereocenters. The molecular formula is C11H20O4. The minimum atomic E-state index is 0.428. The van der Waals surface area contributed by atoms with Crippen molar-refractivity contribution in [1.82, 2.24) is 0 Å². The van der Waals surface area contributed by atoms with Crippen LogP contribution in [0, 0.1) is 0 Å². The number of hydrogen-bond donors (Lipinski definition) is 0. The summed E-state index contributed by atoms with van der Waals surface area (Å²) in [5.74, 6) is 0. The van der Waals surface area contributed by atoms with Crippen LogP contribution in [0.2, 0.25) is 0 Å². The maximum Gasteiger partial charge on any atom is 0.146 e. The number of epoxide rings is 2. The highest BCUT2D eigenvalue weighted by molar-refractivity contribution is 4.68. The summed E-state index contributed by atoms with van der Waals surface area (Å²) in [6.45, 7) is 3.88. The van der Waals surface area contributed by atoms with Crippen LogP contribution in [0.25, 0.3) is 0 Å². The third-order valence-corrected chi connectivity index (χ3v) is 2.60. The van der Waals surface area contributed by atoms with E-state index in [0.29, 0.717) is 19.0 Å². The largest absolute Gasteiger partial charge is 0.373 e. The van der Waals surface area contributed by atoms with Gasteiger partial charge >= 0.3 is 0 Å². The predicted octanol–water partition coefficient (Wildman–Crippen LogP) is 1.34. The van der Waals surface area contributed by atoms with Crippen LogP contribution in [-0.2, 0) is 18.9 Å². The zero-order chi connectivity index (χ0) is 10.3. The van der Waals surface area contributed by atoms with Crippen molar-refractivity contribution in [2.24, 2.45) is 0 Å². The lowest BCUT2D eigenvalue weighted by Crippen LogP contribution is -2.04. The van der Waals surface area contributed by atoms with Gasteiger partial charge in [-0.2, -0.15) is 0 Å². The van der Waals surface area contributed by atoms with E-state index in [1.54, 1.807) is 0 Å². The fourth-order valence-corrected chi connectivity index (χ4v) is 1.47. The van der Waals surface area contributed by atoms with Crippen LogP contribution in [0.4, 0.5) is 0 Å². The van der Waals surface area contributed by atoms with E-state index < -0.39 is 0 Å². The van der Waals surface area contributed by atoms with E-state index in [0.717, 1.165) is 52.1 Å². The zero-order valence-corrected chi connectivity index (χ0v) is 9.15. The average Bonchev–Trinajstić information content (AvgIpc) is 3.10. The van der Waals surface area contributed by atoms with Crippen LogP contribution < -0.4 is 0 Å². The van der Waals surface area contributed by atoms with Gasteiger partial charge in [-0.15, -0.1) is 0 Å². The van der Waals surface area contributed by atoms with Gasteiger partial charge in [0.05, 0.1) is 25.4 Å². The molecule has 0 radical (unpaired) electrons. The summed E-state index contributed by atoms with van der Waals surface area (Å²) in [6.07, 6.45) is 5.44. The Hall–Kier alpha value is -0.160. The van der Waals surface area contributed by atoms with Crippen molar-refractivity contribution in [3.05, 3.63) is 0 Å². The second-order valence-corrected chi connectivity index (χ2v) is 4.13. The monoisotopic (exact) mass is 216 g/mol. The van der Waals surface area contributed by atoms with E-state index in [1.807, 2.05) is 0 Å². The Morgan fingerprint density at radius 3 is 1.73 bits per heavy atom. The first-order valence-corrected chi connectivity index (χ1v) is 5.84. The lowest BCUT2D eigenvalue weighted by molar-refractivity contribution is -0.0559. The minimum absolute atomic E-state index is 0.428. The quantitative estimate of drug-likeness (QED) is 0.314. The van der Waals surface area contributed by atoms with E-state index in [9.17, 15) is 0 Å². The second kappa shape index (κ2) is 6.43. The van der Waals surface area contributed by atoms with Gasteiger partial charge in [0.1, 0.15) is 6.79 Å². The Bertz CT molecular complexity index is 148. The van der Waals surface area contributed by atoms with E-state index in [4.69, 9.17) is 18.9 Å². The molecule has 0 aromatic carbocycles. The topological polar surface area (TPSA) is 43.5 Å². The summed E-state index contributed by atoms with van der Waals surface area (Å²) >= 11 is 0. The van der Waals surface area contributed by atoms with E-state index >= 15 is 0 Å². The van der Waals surface area contributed by atoms with E-state index in [2.05, 4.69) is 0 Å². The summed E-state index contributed by atoms with van der Waals surface area (Å²) in [4.78, 5) is 0. The van der Waals surface area contributed by atoms with Crippen molar-refractivity contribution >= 4 is 0 Å². The molecule has 15 heavy (non-hydrogen) atoms. The summed E-state index contributed by atoms with van der Waals surface area (Å²) in [7, 11) is 0. The molecule has 0 aromatic heterocycles. The highest BCUT2D eigenvalue weighted by atomic mass is 16.7. The molecule has 2 fully saturated rings. The summed E-state index contributed by atoms with van der Waals surface area (Å²) in [5.41, 5.74) is 0. The number of hydrogen-bond acceptors (Lipinski definition) is 4. The first-order chi connectivity index (χ1) is 7.45. The van der Waals surface area contributed by atoms with Crippen molar-refractivity contribution in [2.75, 3.05) is 33.2 Å². The molecule has 0 aliphatic carbocycles. The third kappa shape index (κ3) is 6.10. The standard InChI is InChI=1S/C11H20O4/c1(3-10-7-14-10)5-12-9-13-6-2-4-11-8-15-11/h10-11H,1-9H2. The molecule has 0 saturated carbocycles. The van der Waals surface area contributed by atoms with Crippen molar-refractivity contribution < 1.29 is 18.9 Å². The first kappa shape index (κ1) is 11.3. The number of rotatable bonds is 10. The molecule has 2 aliphatic heterocycles. The van der Waals surface area contributed by atoms with Gasteiger partial charge in [0, 0.05) is 13.2 Å². The average molecular weight is 216 g/mol. The van der Waals surface area contributed by atoms with E-state index in [1.165, 1.54) is 0 Å². The maximum absolute atomic E-state index is 5.33. The fraction of sp³-hybridized carbons (Fsp3) is 1.00. The molecular weight excluding hydrogens is 196 g/mol. The molecule has 0 amide bonds. The van der Waals surface area contributed by atoms with Crippen molar-refractivity contribution in [3.63, 3.8) is 0 Å². The maximum atomic E-state index is 5.33. The van der Waals surface area contributed by atoms with Gasteiger partial charge in [-0.25, -0.2) is 0 Å². The Morgan fingerprint density at radius 2 is 1.33 bits per heavy atom. The van der Waals surface area contributed by atoms with Crippen LogP contribution >= 0.6 is 0 Å². The highest BCUT2D eigenvalue weighted by Crippen LogP contribution is 2.15. The second-order valence-electron chi connectivity index (χ2n) is 4.13. The van der Waals surface area contributed by atoms with Gasteiger partial charge in [-0.3, -0.25) is 0 Å². The Labute approximate surface area is 90.8 Å². The first-order valence-electron chi connectivity index (χ1n) is 5.84. The van der Waals surface area contributed by atoms with Crippen LogP contribution in [-0.4, -0.2) is 45.4 Å². The Kier molecular flexibility index (Phi) is 4.86. The van der Waals surface area contributed by atoms with Gasteiger partial charge < -0.3 is 18.9 Å². The fourth-order valence-electron chi connectivity index (χ4n) is 1.47. The molecule has 2 saturated heterocycles. The van der Waals surface area contributed by atoms with Crippen LogP contribution in [0.15, 0.2) is 0 Å². The Morgan fingerprint density at radius 1 is 0.867 bits per heavy atom. The SMILES string of the molecule is C(COCOCCCC1CO1)CC1CO1. The van der Waals surface area contributed by atoms with Crippen molar-refractivity contribution in [1.29, 1.82) is 0 Å². The lowest BCUT2D eigenvalue weighted by atomic mass is 10.3. The van der Waals surface area contributed by atoms with Gasteiger partial charge in [-0.1, -0.05) is 0 Å². The molecule has 2 rings (SSSR count). The molecule has 0 N–H and O–H groups in total. The van der Waals surface area contributed by atoms with Crippen LogP contribution in [0.3, 0.4) is 0 Å². The van der Waals surface area contributed by atoms with Gasteiger partial charge in [0.2, 0.25) is 0 Å².